The SMILES string of the molecule is CSCc1ccc(CNCC2(SC)CCCC2)o1. The van der Waals surface area contributed by atoms with Gasteiger partial charge in [0.15, 0.2) is 0 Å². The number of furan rings is 1. The maximum absolute atomic E-state index is 5.77. The second-order valence-corrected chi connectivity index (χ2v) is 7.14. The lowest BCUT2D eigenvalue weighted by molar-refractivity contribution is 0.444. The highest BCUT2D eigenvalue weighted by molar-refractivity contribution is 8.00. The summed E-state index contributed by atoms with van der Waals surface area (Å²) in [6.07, 6.45) is 9.84. The topological polar surface area (TPSA) is 25.2 Å². The molecule has 0 aliphatic heterocycles. The largest absolute Gasteiger partial charge is 0.464 e. The molecule has 1 heterocycles. The van der Waals surface area contributed by atoms with Gasteiger partial charge in [0.2, 0.25) is 0 Å². The molecule has 1 fully saturated rings. The summed E-state index contributed by atoms with van der Waals surface area (Å²) in [4.78, 5) is 0. The fourth-order valence-electron chi connectivity index (χ4n) is 2.62. The van der Waals surface area contributed by atoms with Crippen LogP contribution in [0.4, 0.5) is 0 Å². The summed E-state index contributed by atoms with van der Waals surface area (Å²) in [6.45, 7) is 1.96. The van der Waals surface area contributed by atoms with Crippen LogP contribution < -0.4 is 5.32 Å². The minimum Gasteiger partial charge on any atom is -0.464 e. The maximum atomic E-state index is 5.77. The van der Waals surface area contributed by atoms with Crippen molar-refractivity contribution < 1.29 is 4.42 Å². The fourth-order valence-corrected chi connectivity index (χ4v) is 4.01. The van der Waals surface area contributed by atoms with Crippen LogP contribution in [0.2, 0.25) is 0 Å². The summed E-state index contributed by atoms with van der Waals surface area (Å²) in [7, 11) is 0. The lowest BCUT2D eigenvalue weighted by Gasteiger charge is -2.26. The summed E-state index contributed by atoms with van der Waals surface area (Å²) in [5, 5.41) is 3.57. The molecular formula is C14H23NOS2. The summed E-state index contributed by atoms with van der Waals surface area (Å²) in [5.74, 6) is 3.11. The van der Waals surface area contributed by atoms with E-state index in [2.05, 4.69) is 30.0 Å². The van der Waals surface area contributed by atoms with Gasteiger partial charge in [0.1, 0.15) is 11.5 Å². The minimum absolute atomic E-state index is 0.481. The van der Waals surface area contributed by atoms with Crippen LogP contribution in [0.1, 0.15) is 37.2 Å². The first-order valence-corrected chi connectivity index (χ1v) is 9.22. The number of hydrogen-bond donors (Lipinski definition) is 1. The van der Waals surface area contributed by atoms with Gasteiger partial charge in [-0.3, -0.25) is 0 Å². The number of rotatable bonds is 7. The van der Waals surface area contributed by atoms with E-state index in [1.807, 2.05) is 11.8 Å². The van der Waals surface area contributed by atoms with Gasteiger partial charge in [0, 0.05) is 11.3 Å². The van der Waals surface area contributed by atoms with E-state index in [-0.39, 0.29) is 0 Å². The van der Waals surface area contributed by atoms with Crippen molar-refractivity contribution in [3.05, 3.63) is 23.7 Å². The molecule has 0 aromatic carbocycles. The van der Waals surface area contributed by atoms with Crippen molar-refractivity contribution in [3.63, 3.8) is 0 Å². The molecule has 0 saturated heterocycles. The Morgan fingerprint density at radius 2 is 1.94 bits per heavy atom. The molecule has 102 valence electrons. The Morgan fingerprint density at radius 3 is 2.61 bits per heavy atom. The van der Waals surface area contributed by atoms with Gasteiger partial charge in [-0.2, -0.15) is 23.5 Å². The third kappa shape index (κ3) is 3.72. The molecule has 0 atom stereocenters. The number of hydrogen-bond acceptors (Lipinski definition) is 4. The van der Waals surface area contributed by atoms with Gasteiger partial charge in [0.25, 0.3) is 0 Å². The Hall–Kier alpha value is -0.0600. The third-order valence-corrected chi connectivity index (χ3v) is 5.69. The Morgan fingerprint density at radius 1 is 1.22 bits per heavy atom. The monoisotopic (exact) mass is 285 g/mol. The van der Waals surface area contributed by atoms with Crippen molar-refractivity contribution in [1.82, 2.24) is 5.32 Å². The highest BCUT2D eigenvalue weighted by Crippen LogP contribution is 2.39. The summed E-state index contributed by atoms with van der Waals surface area (Å²) in [6, 6.07) is 4.19. The second kappa shape index (κ2) is 6.92. The van der Waals surface area contributed by atoms with Gasteiger partial charge in [0.05, 0.1) is 12.3 Å². The molecule has 0 bridgehead atoms. The van der Waals surface area contributed by atoms with Crippen LogP contribution in [0.3, 0.4) is 0 Å². The zero-order valence-corrected chi connectivity index (χ0v) is 13.0. The molecule has 1 aromatic heterocycles. The van der Waals surface area contributed by atoms with Crippen molar-refractivity contribution in [2.75, 3.05) is 19.1 Å². The Bertz CT molecular complexity index is 358. The quantitative estimate of drug-likeness (QED) is 0.821. The van der Waals surface area contributed by atoms with Crippen molar-refractivity contribution in [2.45, 2.75) is 42.7 Å². The third-order valence-electron chi connectivity index (χ3n) is 3.70. The average Bonchev–Trinajstić information content (AvgIpc) is 3.00. The predicted molar refractivity (Wildman–Crippen MR) is 82.3 cm³/mol. The molecule has 0 spiro atoms. The molecule has 0 amide bonds. The Kier molecular flexibility index (Phi) is 5.52. The van der Waals surface area contributed by atoms with Crippen LogP contribution in [0.15, 0.2) is 16.5 Å². The summed E-state index contributed by atoms with van der Waals surface area (Å²) < 4.78 is 6.25. The molecule has 1 saturated carbocycles. The van der Waals surface area contributed by atoms with Crippen molar-refractivity contribution in [3.8, 4) is 0 Å². The number of thioether (sulfide) groups is 2. The fraction of sp³-hybridized carbons (Fsp3) is 0.714. The maximum Gasteiger partial charge on any atom is 0.118 e. The van der Waals surface area contributed by atoms with Gasteiger partial charge < -0.3 is 9.73 Å². The zero-order valence-electron chi connectivity index (χ0n) is 11.3. The van der Waals surface area contributed by atoms with E-state index in [0.717, 1.165) is 30.4 Å². The Balaban J connectivity index is 1.76. The summed E-state index contributed by atoms with van der Waals surface area (Å²) in [5.41, 5.74) is 0. The van der Waals surface area contributed by atoms with Crippen molar-refractivity contribution >= 4 is 23.5 Å². The van der Waals surface area contributed by atoms with Gasteiger partial charge in [-0.1, -0.05) is 12.8 Å². The highest BCUT2D eigenvalue weighted by atomic mass is 32.2. The molecular weight excluding hydrogens is 262 g/mol. The van der Waals surface area contributed by atoms with Crippen LogP contribution in [-0.2, 0) is 12.3 Å². The van der Waals surface area contributed by atoms with Crippen LogP contribution in [0.5, 0.6) is 0 Å². The zero-order chi connectivity index (χ0) is 12.8. The normalized spacial score (nSPS) is 18.3. The van der Waals surface area contributed by atoms with Crippen LogP contribution in [0, 0.1) is 0 Å². The van der Waals surface area contributed by atoms with E-state index in [0.29, 0.717) is 4.75 Å². The van der Waals surface area contributed by atoms with E-state index in [4.69, 9.17) is 4.42 Å². The lowest BCUT2D eigenvalue weighted by Crippen LogP contribution is -2.34. The van der Waals surface area contributed by atoms with Crippen LogP contribution >= 0.6 is 23.5 Å². The first kappa shape index (κ1) is 14.4. The van der Waals surface area contributed by atoms with E-state index in [1.165, 1.54) is 25.7 Å². The van der Waals surface area contributed by atoms with Gasteiger partial charge >= 0.3 is 0 Å². The van der Waals surface area contributed by atoms with E-state index >= 15 is 0 Å². The molecule has 4 heteroatoms. The van der Waals surface area contributed by atoms with Crippen LogP contribution in [-0.4, -0.2) is 23.8 Å². The Labute approximate surface area is 119 Å². The first-order chi connectivity index (χ1) is 8.78. The first-order valence-electron chi connectivity index (χ1n) is 6.60. The highest BCUT2D eigenvalue weighted by Gasteiger charge is 2.32. The van der Waals surface area contributed by atoms with Gasteiger partial charge in [-0.25, -0.2) is 0 Å². The van der Waals surface area contributed by atoms with E-state index in [9.17, 15) is 0 Å². The van der Waals surface area contributed by atoms with E-state index < -0.39 is 0 Å². The lowest BCUT2D eigenvalue weighted by atomic mass is 10.1. The summed E-state index contributed by atoms with van der Waals surface area (Å²) >= 11 is 3.83. The molecule has 2 nitrogen and oxygen atoms in total. The standard InChI is InChI=1S/C14H23NOS2/c1-17-10-13-6-5-12(16-13)9-15-11-14(18-2)7-3-4-8-14/h5-6,15H,3-4,7-11H2,1-2H3. The molecule has 18 heavy (non-hydrogen) atoms. The second-order valence-electron chi connectivity index (χ2n) is 5.00. The number of nitrogens with one attached hydrogen (secondary N) is 1. The van der Waals surface area contributed by atoms with Gasteiger partial charge in [-0.15, -0.1) is 0 Å². The van der Waals surface area contributed by atoms with Crippen LogP contribution in [0.25, 0.3) is 0 Å². The molecule has 2 rings (SSSR count). The molecule has 1 N–H and O–H groups in total. The molecule has 0 unspecified atom stereocenters. The average molecular weight is 285 g/mol. The molecule has 1 aliphatic rings. The minimum atomic E-state index is 0.481. The molecule has 0 radical (unpaired) electrons. The predicted octanol–water partition coefficient (Wildman–Crippen LogP) is 3.91. The smallest absolute Gasteiger partial charge is 0.118 e. The van der Waals surface area contributed by atoms with Gasteiger partial charge in [-0.05, 0) is 37.5 Å². The molecule has 1 aliphatic carbocycles. The van der Waals surface area contributed by atoms with Crippen molar-refractivity contribution in [1.29, 1.82) is 0 Å². The molecule has 1 aromatic rings. The van der Waals surface area contributed by atoms with E-state index in [1.54, 1.807) is 11.8 Å². The van der Waals surface area contributed by atoms with Crippen molar-refractivity contribution in [2.24, 2.45) is 0 Å².